The van der Waals surface area contributed by atoms with E-state index in [2.05, 4.69) is 15.3 Å². The number of quaternary nitrogens is 1. The van der Waals surface area contributed by atoms with Crippen LogP contribution in [0.3, 0.4) is 0 Å². The number of benzene rings is 3. The molecule has 17 heteroatoms. The predicted octanol–water partition coefficient (Wildman–Crippen LogP) is -1.69. The molecule has 3 aromatic rings. The Kier molecular flexibility index (Phi) is 10.5. The lowest BCUT2D eigenvalue weighted by Gasteiger charge is -2.40. The Bertz CT molecular complexity index is 2080. The number of hydrogen-bond acceptors (Lipinski definition) is 14. The third-order valence-corrected chi connectivity index (χ3v) is 9.84. The smallest absolute Gasteiger partial charge is 0.284 e. The van der Waals surface area contributed by atoms with Crippen molar-refractivity contribution in [3.8, 4) is 11.5 Å². The quantitative estimate of drug-likeness (QED) is 0.0787. The lowest BCUT2D eigenvalue weighted by atomic mass is 9.78. The Morgan fingerprint density at radius 2 is 1.61 bits per heavy atom. The number of ketones is 2. The van der Waals surface area contributed by atoms with Crippen molar-refractivity contribution in [3.63, 3.8) is 0 Å². The van der Waals surface area contributed by atoms with E-state index in [1.807, 2.05) is 0 Å². The van der Waals surface area contributed by atoms with E-state index >= 15 is 0 Å². The van der Waals surface area contributed by atoms with Gasteiger partial charge in [-0.05, 0) is 25.0 Å². The molecular formula is C37H38N5O12+. The summed E-state index contributed by atoms with van der Waals surface area (Å²) < 4.78 is 18.1. The molecule has 0 bridgehead atoms. The summed E-state index contributed by atoms with van der Waals surface area (Å²) in [7, 11) is 0. The molecule has 9 N–H and O–H groups in total. The number of amides is 1. The van der Waals surface area contributed by atoms with Crippen LogP contribution >= 0.6 is 0 Å². The number of nitrogens with zero attached hydrogens (tertiary/aromatic N) is 2. The molecule has 3 aromatic carbocycles. The highest BCUT2D eigenvalue weighted by Gasteiger charge is 2.47. The number of carbonyl (C=O) groups excluding carboxylic acids is 3. The van der Waals surface area contributed by atoms with Gasteiger partial charge in [0.25, 0.3) is 11.7 Å². The molecule has 0 spiro atoms. The van der Waals surface area contributed by atoms with Crippen LogP contribution in [0.4, 0.5) is 5.69 Å². The van der Waals surface area contributed by atoms with Crippen molar-refractivity contribution in [3.05, 3.63) is 88.0 Å². The third kappa shape index (κ3) is 6.39. The van der Waals surface area contributed by atoms with Crippen molar-refractivity contribution in [1.29, 1.82) is 5.41 Å². The summed E-state index contributed by atoms with van der Waals surface area (Å²) >= 11 is 0. The molecular weight excluding hydrogens is 706 g/mol. The standard InChI is InChI=1S/C37H37N5O12/c38-37-40-34-26(35(51)41-37)39-16-42(34)23-10-4-3-6-18(23)17(9-5-11-43)21-14-22-25(28(47)20-8-2-1-7-19(20)27(22)46)33(52-13-12-44)32(21)54-36-31(50)30(49)29(48)24(15-45)53-36/h1-4,6-8,10,14,17,24,29-31,36,43-45,48-50H,5,9,11-13,15-16H2,(H2,38,41,51)/p+1. The number of para-hydroxylation sites is 1. The Morgan fingerprint density at radius 3 is 2.33 bits per heavy atom. The number of hydrogen-bond donors (Lipinski definition) is 9. The van der Waals surface area contributed by atoms with E-state index in [9.17, 15) is 45.0 Å². The first-order valence-corrected chi connectivity index (χ1v) is 17.3. The lowest BCUT2D eigenvalue weighted by Crippen LogP contribution is -3.09. The highest BCUT2D eigenvalue weighted by atomic mass is 16.7. The predicted molar refractivity (Wildman–Crippen MR) is 188 cm³/mol. The molecule has 3 aliphatic heterocycles. The molecule has 54 heavy (non-hydrogen) atoms. The molecule has 1 aliphatic carbocycles. The Balaban J connectivity index is 1.47. The number of ether oxygens (including phenoxy) is 3. The fraction of sp³-hybridized carbons (Fsp3) is 0.351. The number of rotatable bonds is 12. The van der Waals surface area contributed by atoms with Gasteiger partial charge in [0.05, 0.1) is 18.8 Å². The van der Waals surface area contributed by atoms with Crippen LogP contribution < -0.4 is 19.7 Å². The molecule has 0 aromatic heterocycles. The van der Waals surface area contributed by atoms with E-state index in [0.717, 1.165) is 0 Å². The summed E-state index contributed by atoms with van der Waals surface area (Å²) in [5, 5.41) is 72.6. The van der Waals surface area contributed by atoms with Crippen molar-refractivity contribution >= 4 is 40.7 Å². The number of amidine groups is 1. The van der Waals surface area contributed by atoms with Crippen molar-refractivity contribution in [2.75, 3.05) is 33.1 Å². The van der Waals surface area contributed by atoms with Gasteiger partial charge < -0.3 is 44.8 Å². The Labute approximate surface area is 307 Å². The maximum atomic E-state index is 14.2. The van der Waals surface area contributed by atoms with E-state index in [4.69, 9.17) is 19.6 Å². The second-order valence-electron chi connectivity index (χ2n) is 13.0. The molecule has 4 aliphatic rings. The second-order valence-corrected chi connectivity index (χ2v) is 13.0. The van der Waals surface area contributed by atoms with E-state index in [0.29, 0.717) is 16.2 Å². The van der Waals surface area contributed by atoms with E-state index in [-0.39, 0.29) is 89.5 Å². The van der Waals surface area contributed by atoms with Gasteiger partial charge in [-0.15, -0.1) is 0 Å². The lowest BCUT2D eigenvalue weighted by molar-refractivity contribution is -0.723. The largest absolute Gasteiger partial charge is 0.486 e. The van der Waals surface area contributed by atoms with Crippen LogP contribution in [-0.2, 0) is 9.53 Å². The van der Waals surface area contributed by atoms with Crippen LogP contribution in [-0.4, -0.2) is 129 Å². The molecule has 1 amide bonds. The first-order chi connectivity index (χ1) is 26.1. The van der Waals surface area contributed by atoms with Crippen LogP contribution in [0.15, 0.2) is 64.6 Å². The van der Waals surface area contributed by atoms with Gasteiger partial charge in [0, 0.05) is 40.3 Å². The normalized spacial score (nSPS) is 25.2. The van der Waals surface area contributed by atoms with Gasteiger partial charge in [-0.1, -0.05) is 42.5 Å². The van der Waals surface area contributed by atoms with E-state index in [1.54, 1.807) is 36.4 Å². The van der Waals surface area contributed by atoms with Gasteiger partial charge in [0.15, 0.2) is 29.7 Å². The van der Waals surface area contributed by atoms with E-state index in [1.165, 1.54) is 18.2 Å². The van der Waals surface area contributed by atoms with Gasteiger partial charge in [0.2, 0.25) is 18.0 Å². The van der Waals surface area contributed by atoms with Gasteiger partial charge in [0.1, 0.15) is 36.7 Å². The van der Waals surface area contributed by atoms with Crippen LogP contribution in [0.25, 0.3) is 0 Å². The zero-order chi connectivity index (χ0) is 38.3. The number of aliphatic hydroxyl groups is 6. The minimum Gasteiger partial charge on any atom is -0.486 e. The average molecular weight is 745 g/mol. The topological polar surface area (TPSA) is 265 Å². The number of aliphatic hydroxyl groups excluding tert-OH is 6. The highest BCUT2D eigenvalue weighted by Crippen LogP contribution is 2.49. The number of fused-ring (bicyclic) bond motifs is 3. The molecule has 3 heterocycles. The zero-order valence-electron chi connectivity index (χ0n) is 28.6. The second kappa shape index (κ2) is 15.2. The molecule has 7 rings (SSSR count). The monoisotopic (exact) mass is 744 g/mol. The maximum absolute atomic E-state index is 14.2. The number of nitrogens with one attached hydrogen (secondary N) is 3. The van der Waals surface area contributed by atoms with Crippen LogP contribution in [0.2, 0.25) is 0 Å². The summed E-state index contributed by atoms with van der Waals surface area (Å²) in [6.45, 7) is -1.84. The van der Waals surface area contributed by atoms with Crippen molar-refractivity contribution in [2.24, 2.45) is 9.98 Å². The molecule has 1 saturated heterocycles. The van der Waals surface area contributed by atoms with Crippen molar-refractivity contribution < 1.29 is 64.1 Å². The highest BCUT2D eigenvalue weighted by molar-refractivity contribution is 6.68. The number of carbonyl (C=O) groups is 3. The first-order valence-electron chi connectivity index (χ1n) is 17.3. The van der Waals surface area contributed by atoms with Gasteiger partial charge in [-0.25, -0.2) is 9.89 Å². The maximum Gasteiger partial charge on any atom is 0.284 e. The fourth-order valence-corrected chi connectivity index (χ4v) is 7.29. The minimum absolute atomic E-state index is 0.0461. The molecule has 7 atom stereocenters. The van der Waals surface area contributed by atoms with Crippen LogP contribution in [0, 0.1) is 5.41 Å². The number of aliphatic imine (C=N–C) groups is 2. The van der Waals surface area contributed by atoms with Crippen molar-refractivity contribution in [1.82, 2.24) is 5.32 Å². The van der Waals surface area contributed by atoms with Gasteiger partial charge >= 0.3 is 0 Å². The number of guanidine groups is 1. The minimum atomic E-state index is -1.88. The first kappa shape index (κ1) is 37.1. The van der Waals surface area contributed by atoms with Crippen molar-refractivity contribution in [2.45, 2.75) is 49.5 Å². The summed E-state index contributed by atoms with van der Waals surface area (Å²) in [6.07, 6.45) is -8.13. The van der Waals surface area contributed by atoms with E-state index < -0.39 is 67.3 Å². The van der Waals surface area contributed by atoms with Gasteiger partial charge in [-0.3, -0.25) is 25.1 Å². The molecule has 7 unspecified atom stereocenters. The summed E-state index contributed by atoms with van der Waals surface area (Å²) in [6, 6.07) is 14.8. The Hall–Kier alpha value is -5.24. The molecule has 0 saturated carbocycles. The Morgan fingerprint density at radius 1 is 0.889 bits per heavy atom. The SMILES string of the molecule is N=C1N=C2C(=NC[NH+]2c2ccccc2C(CCCO)c2cc3c(c(OCCO)c2OC2OC(CO)C(O)C(O)C2O)C(=O)c2ccccc2C3=O)C(=O)N1. The molecule has 0 radical (unpaired) electrons. The molecule has 17 nitrogen and oxygen atoms in total. The summed E-state index contributed by atoms with van der Waals surface area (Å²) in [4.78, 5) is 50.3. The summed E-state index contributed by atoms with van der Waals surface area (Å²) in [5.41, 5.74) is 1.44. The third-order valence-electron chi connectivity index (χ3n) is 9.84. The summed E-state index contributed by atoms with van der Waals surface area (Å²) in [5.74, 6) is -3.10. The van der Waals surface area contributed by atoms with Crippen LogP contribution in [0.1, 0.15) is 61.7 Å². The van der Waals surface area contributed by atoms with Crippen LogP contribution in [0.5, 0.6) is 11.5 Å². The fourth-order valence-electron chi connectivity index (χ4n) is 7.29. The molecule has 282 valence electrons. The zero-order valence-corrected chi connectivity index (χ0v) is 28.6. The molecule has 1 fully saturated rings. The average Bonchev–Trinajstić information content (AvgIpc) is 3.61. The van der Waals surface area contributed by atoms with Gasteiger partial charge in [-0.2, -0.15) is 4.99 Å².